The highest BCUT2D eigenvalue weighted by atomic mass is 32.2. The molecule has 0 radical (unpaired) electrons. The number of fused-ring (bicyclic) bond motifs is 1. The van der Waals surface area contributed by atoms with Gasteiger partial charge in [-0.25, -0.2) is 8.42 Å². The fourth-order valence-electron chi connectivity index (χ4n) is 4.23. The summed E-state index contributed by atoms with van der Waals surface area (Å²) in [5.41, 5.74) is 3.64. The summed E-state index contributed by atoms with van der Waals surface area (Å²) in [6.07, 6.45) is 3.45. The van der Waals surface area contributed by atoms with Gasteiger partial charge in [-0.15, -0.1) is 0 Å². The van der Waals surface area contributed by atoms with Crippen LogP contribution in [0.15, 0.2) is 48.5 Å². The van der Waals surface area contributed by atoms with Crippen molar-refractivity contribution in [3.63, 3.8) is 0 Å². The molecule has 0 spiro atoms. The van der Waals surface area contributed by atoms with E-state index in [1.807, 2.05) is 41.3 Å². The molecule has 1 atom stereocenters. The van der Waals surface area contributed by atoms with Gasteiger partial charge < -0.3 is 10.1 Å². The van der Waals surface area contributed by atoms with E-state index in [9.17, 15) is 13.2 Å². The number of carbonyl (C=O) groups excluding carboxylic acids is 1. The Hall–Kier alpha value is -2.38. The van der Waals surface area contributed by atoms with Crippen molar-refractivity contribution in [2.75, 3.05) is 37.7 Å². The van der Waals surface area contributed by atoms with E-state index in [-0.39, 0.29) is 17.4 Å². The van der Waals surface area contributed by atoms with E-state index in [1.54, 1.807) is 0 Å². The van der Waals surface area contributed by atoms with Gasteiger partial charge >= 0.3 is 0 Å². The summed E-state index contributed by atoms with van der Waals surface area (Å²) >= 11 is 0. The number of nitrogens with one attached hydrogen (secondary N) is 1. The van der Waals surface area contributed by atoms with Crippen LogP contribution in [0.3, 0.4) is 0 Å². The Kier molecular flexibility index (Phi) is 6.39. The van der Waals surface area contributed by atoms with Crippen LogP contribution in [0.1, 0.15) is 29.2 Å². The van der Waals surface area contributed by atoms with Crippen LogP contribution in [-0.4, -0.2) is 57.0 Å². The normalized spacial score (nSPS) is 19.1. The summed E-state index contributed by atoms with van der Waals surface area (Å²) < 4.78 is 29.4. The number of amides is 1. The average molecular weight is 429 g/mol. The fraction of sp³-hybridized carbons (Fsp3) is 0.435. The summed E-state index contributed by atoms with van der Waals surface area (Å²) in [6, 6.07) is 15.2. The number of carbonyl (C=O) groups is 1. The summed E-state index contributed by atoms with van der Waals surface area (Å²) in [5, 5.41) is 2.97. The minimum atomic E-state index is -3.01. The predicted octanol–water partition coefficient (Wildman–Crippen LogP) is 2.14. The lowest BCUT2D eigenvalue weighted by Gasteiger charge is -2.33. The Morgan fingerprint density at radius 3 is 2.53 bits per heavy atom. The van der Waals surface area contributed by atoms with E-state index in [1.165, 1.54) is 17.5 Å². The molecule has 160 valence electrons. The van der Waals surface area contributed by atoms with E-state index in [4.69, 9.17) is 4.74 Å². The predicted molar refractivity (Wildman–Crippen MR) is 116 cm³/mol. The first-order valence-corrected chi connectivity index (χ1v) is 12.4. The molecule has 1 unspecified atom stereocenters. The molecule has 1 saturated heterocycles. The van der Waals surface area contributed by atoms with Gasteiger partial charge in [-0.05, 0) is 48.1 Å². The lowest BCUT2D eigenvalue weighted by atomic mass is 10.0. The molecule has 1 aliphatic heterocycles. The van der Waals surface area contributed by atoms with Gasteiger partial charge in [0, 0.05) is 13.1 Å². The second-order valence-corrected chi connectivity index (χ2v) is 10.2. The standard InChI is InChI=1S/C23H28N2O4S/c26-23(24-11-14-29-21-10-9-18-7-4-8-20(18)17-21)22(19-5-2-1-3-6-19)25-12-15-30(27,28)16-13-25/h1-3,5-6,9-10,17,22H,4,7-8,11-16H2,(H,24,26). The number of hydrogen-bond acceptors (Lipinski definition) is 5. The first-order valence-electron chi connectivity index (χ1n) is 10.5. The van der Waals surface area contributed by atoms with Gasteiger partial charge in [-0.3, -0.25) is 9.69 Å². The molecule has 0 aromatic heterocycles. The van der Waals surface area contributed by atoms with Crippen LogP contribution in [0, 0.1) is 0 Å². The van der Waals surface area contributed by atoms with Gasteiger partial charge in [-0.1, -0.05) is 36.4 Å². The second-order valence-electron chi connectivity index (χ2n) is 7.92. The van der Waals surface area contributed by atoms with Crippen LogP contribution in [0.25, 0.3) is 0 Å². The quantitative estimate of drug-likeness (QED) is 0.684. The maximum atomic E-state index is 13.0. The van der Waals surface area contributed by atoms with Crippen LogP contribution in [0.2, 0.25) is 0 Å². The zero-order valence-corrected chi connectivity index (χ0v) is 17.9. The molecule has 6 nitrogen and oxygen atoms in total. The van der Waals surface area contributed by atoms with Gasteiger partial charge in [-0.2, -0.15) is 0 Å². The zero-order valence-electron chi connectivity index (χ0n) is 17.0. The van der Waals surface area contributed by atoms with Gasteiger partial charge in [0.15, 0.2) is 9.84 Å². The molecule has 1 aliphatic carbocycles. The second kappa shape index (κ2) is 9.18. The molecule has 1 N–H and O–H groups in total. The Morgan fingerprint density at radius 2 is 1.77 bits per heavy atom. The molecular weight excluding hydrogens is 400 g/mol. The molecule has 0 saturated carbocycles. The third kappa shape index (κ3) is 5.02. The van der Waals surface area contributed by atoms with Crippen molar-refractivity contribution in [1.29, 1.82) is 0 Å². The molecule has 1 fully saturated rings. The van der Waals surface area contributed by atoms with Crippen LogP contribution < -0.4 is 10.1 Å². The van der Waals surface area contributed by atoms with Crippen molar-refractivity contribution >= 4 is 15.7 Å². The van der Waals surface area contributed by atoms with Crippen molar-refractivity contribution in [3.8, 4) is 5.75 Å². The Labute approximate surface area is 178 Å². The Bertz CT molecular complexity index is 978. The van der Waals surface area contributed by atoms with Crippen molar-refractivity contribution in [2.45, 2.75) is 25.3 Å². The maximum absolute atomic E-state index is 13.0. The molecule has 7 heteroatoms. The van der Waals surface area contributed by atoms with E-state index >= 15 is 0 Å². The largest absolute Gasteiger partial charge is 0.492 e. The van der Waals surface area contributed by atoms with Gasteiger partial charge in [0.2, 0.25) is 5.91 Å². The van der Waals surface area contributed by atoms with Gasteiger partial charge in [0.1, 0.15) is 18.4 Å². The van der Waals surface area contributed by atoms with Crippen molar-refractivity contribution in [3.05, 3.63) is 65.2 Å². The van der Waals surface area contributed by atoms with E-state index in [0.717, 1.165) is 24.2 Å². The van der Waals surface area contributed by atoms with Crippen molar-refractivity contribution in [2.24, 2.45) is 0 Å². The SMILES string of the molecule is O=C(NCCOc1ccc2c(c1)CCC2)C(c1ccccc1)N1CCS(=O)(=O)CC1. The minimum absolute atomic E-state index is 0.0883. The van der Waals surface area contributed by atoms with Gasteiger partial charge in [0.25, 0.3) is 0 Å². The lowest BCUT2D eigenvalue weighted by Crippen LogP contribution is -2.48. The van der Waals surface area contributed by atoms with Crippen LogP contribution in [0.4, 0.5) is 0 Å². The Balaban J connectivity index is 1.35. The van der Waals surface area contributed by atoms with Crippen LogP contribution in [-0.2, 0) is 27.5 Å². The molecule has 0 bridgehead atoms. The van der Waals surface area contributed by atoms with E-state index in [0.29, 0.717) is 26.2 Å². The fourth-order valence-corrected chi connectivity index (χ4v) is 5.46. The maximum Gasteiger partial charge on any atom is 0.242 e. The highest BCUT2D eigenvalue weighted by Crippen LogP contribution is 2.26. The third-order valence-corrected chi connectivity index (χ3v) is 7.46. The number of hydrogen-bond donors (Lipinski definition) is 1. The summed E-state index contributed by atoms with van der Waals surface area (Å²) in [7, 11) is -3.01. The van der Waals surface area contributed by atoms with E-state index < -0.39 is 15.9 Å². The number of benzene rings is 2. The number of nitrogens with zero attached hydrogens (tertiary/aromatic N) is 1. The van der Waals surface area contributed by atoms with Crippen molar-refractivity contribution in [1.82, 2.24) is 10.2 Å². The zero-order chi connectivity index (χ0) is 21.0. The summed E-state index contributed by atoms with van der Waals surface area (Å²) in [4.78, 5) is 15.0. The van der Waals surface area contributed by atoms with Crippen LogP contribution >= 0.6 is 0 Å². The average Bonchev–Trinajstić information content (AvgIpc) is 3.21. The smallest absolute Gasteiger partial charge is 0.242 e. The van der Waals surface area contributed by atoms with Crippen LogP contribution in [0.5, 0.6) is 5.75 Å². The first kappa shape index (κ1) is 20.9. The van der Waals surface area contributed by atoms with Crippen molar-refractivity contribution < 1.29 is 17.9 Å². The Morgan fingerprint density at radius 1 is 1.03 bits per heavy atom. The topological polar surface area (TPSA) is 75.7 Å². The molecule has 2 aromatic rings. The third-order valence-electron chi connectivity index (χ3n) is 5.85. The summed E-state index contributed by atoms with van der Waals surface area (Å²) in [6.45, 7) is 1.51. The highest BCUT2D eigenvalue weighted by molar-refractivity contribution is 7.91. The molecule has 2 aliphatic rings. The molecule has 4 rings (SSSR count). The number of ether oxygens (including phenoxy) is 1. The van der Waals surface area contributed by atoms with Gasteiger partial charge in [0.05, 0.1) is 18.1 Å². The summed E-state index contributed by atoms with van der Waals surface area (Å²) in [5.74, 6) is 0.889. The molecule has 30 heavy (non-hydrogen) atoms. The number of rotatable bonds is 7. The number of aryl methyl sites for hydroxylation is 2. The minimum Gasteiger partial charge on any atom is -0.492 e. The van der Waals surface area contributed by atoms with E-state index in [2.05, 4.69) is 17.4 Å². The lowest BCUT2D eigenvalue weighted by molar-refractivity contribution is -0.126. The molecule has 1 heterocycles. The highest BCUT2D eigenvalue weighted by Gasteiger charge is 2.32. The first-order chi connectivity index (χ1) is 14.5. The molecular formula is C23H28N2O4S. The molecule has 2 aromatic carbocycles. The number of sulfone groups is 1. The monoisotopic (exact) mass is 428 g/mol. The molecule has 1 amide bonds.